The smallest absolute Gasteiger partial charge is 0.244 e. The molecule has 1 aliphatic rings. The summed E-state index contributed by atoms with van der Waals surface area (Å²) in [4.78, 5) is 4.36. The maximum absolute atomic E-state index is 12.3. The fraction of sp³-hybridized carbons (Fsp3) is 0.545. The number of halogens is 1. The zero-order chi connectivity index (χ0) is 12.5. The number of aromatic nitrogens is 1. The summed E-state index contributed by atoms with van der Waals surface area (Å²) in [5, 5.41) is 0. The van der Waals surface area contributed by atoms with Crippen molar-refractivity contribution < 1.29 is 8.42 Å². The van der Waals surface area contributed by atoms with Crippen LogP contribution in [0.25, 0.3) is 0 Å². The molecule has 17 heavy (non-hydrogen) atoms. The number of hydrogen-bond acceptors (Lipinski definition) is 3. The van der Waals surface area contributed by atoms with Gasteiger partial charge in [0.25, 0.3) is 0 Å². The van der Waals surface area contributed by atoms with Gasteiger partial charge in [0.15, 0.2) is 0 Å². The molecule has 2 atom stereocenters. The van der Waals surface area contributed by atoms with E-state index in [2.05, 4.69) is 27.8 Å². The van der Waals surface area contributed by atoms with Crippen molar-refractivity contribution in [2.75, 3.05) is 13.1 Å². The molecule has 1 saturated heterocycles. The van der Waals surface area contributed by atoms with Crippen molar-refractivity contribution in [1.29, 1.82) is 0 Å². The Morgan fingerprint density at radius 3 is 2.88 bits per heavy atom. The van der Waals surface area contributed by atoms with Crippen molar-refractivity contribution in [3.63, 3.8) is 0 Å². The SMILES string of the molecule is CC1CCN(S(=O)(=O)c2cccnc2)CC1Br. The molecule has 0 aromatic carbocycles. The summed E-state index contributed by atoms with van der Waals surface area (Å²) in [5.74, 6) is 0.510. The van der Waals surface area contributed by atoms with Gasteiger partial charge < -0.3 is 0 Å². The van der Waals surface area contributed by atoms with Crippen molar-refractivity contribution >= 4 is 26.0 Å². The topological polar surface area (TPSA) is 50.3 Å². The lowest BCUT2D eigenvalue weighted by Gasteiger charge is -2.33. The zero-order valence-electron chi connectivity index (χ0n) is 9.58. The van der Waals surface area contributed by atoms with E-state index in [0.717, 1.165) is 6.42 Å². The third kappa shape index (κ3) is 2.69. The van der Waals surface area contributed by atoms with Crippen LogP contribution in [0.5, 0.6) is 0 Å². The Balaban J connectivity index is 2.23. The Labute approximate surface area is 110 Å². The molecule has 2 unspecified atom stereocenters. The summed E-state index contributed by atoms with van der Waals surface area (Å²) in [5.41, 5.74) is 0. The van der Waals surface area contributed by atoms with Gasteiger partial charge in [-0.1, -0.05) is 22.9 Å². The van der Waals surface area contributed by atoms with Crippen LogP contribution in [0.2, 0.25) is 0 Å². The Hall–Kier alpha value is -0.460. The molecule has 2 rings (SSSR count). The molecule has 6 heteroatoms. The van der Waals surface area contributed by atoms with Crippen LogP contribution < -0.4 is 0 Å². The average Bonchev–Trinajstić information content (AvgIpc) is 2.33. The van der Waals surface area contributed by atoms with E-state index >= 15 is 0 Å². The van der Waals surface area contributed by atoms with Crippen molar-refractivity contribution in [3.8, 4) is 0 Å². The van der Waals surface area contributed by atoms with Crippen molar-refractivity contribution in [3.05, 3.63) is 24.5 Å². The van der Waals surface area contributed by atoms with Gasteiger partial charge in [-0.15, -0.1) is 0 Å². The summed E-state index contributed by atoms with van der Waals surface area (Å²) in [7, 11) is -3.38. The Morgan fingerprint density at radius 1 is 1.53 bits per heavy atom. The van der Waals surface area contributed by atoms with E-state index in [4.69, 9.17) is 0 Å². The molecule has 4 nitrogen and oxygen atoms in total. The molecule has 1 aromatic heterocycles. The van der Waals surface area contributed by atoms with Crippen LogP contribution in [-0.4, -0.2) is 35.6 Å². The summed E-state index contributed by atoms with van der Waals surface area (Å²) in [6, 6.07) is 3.23. The predicted molar refractivity (Wildman–Crippen MR) is 69.5 cm³/mol. The molecule has 94 valence electrons. The number of hydrogen-bond donors (Lipinski definition) is 0. The van der Waals surface area contributed by atoms with Gasteiger partial charge in [-0.2, -0.15) is 4.31 Å². The van der Waals surface area contributed by atoms with Gasteiger partial charge in [-0.3, -0.25) is 4.98 Å². The van der Waals surface area contributed by atoms with E-state index in [1.54, 1.807) is 18.3 Å². The average molecular weight is 319 g/mol. The predicted octanol–water partition coefficient (Wildman–Crippen LogP) is 1.88. The van der Waals surface area contributed by atoms with E-state index in [9.17, 15) is 8.42 Å². The lowest BCUT2D eigenvalue weighted by atomic mass is 10.0. The van der Waals surface area contributed by atoms with E-state index in [1.807, 2.05) is 0 Å². The van der Waals surface area contributed by atoms with Gasteiger partial charge in [0.2, 0.25) is 10.0 Å². The molecule has 0 radical (unpaired) electrons. The second kappa shape index (κ2) is 5.04. The van der Waals surface area contributed by atoms with Crippen LogP contribution in [0.15, 0.2) is 29.4 Å². The third-order valence-electron chi connectivity index (χ3n) is 3.10. The maximum atomic E-state index is 12.3. The molecular weight excluding hydrogens is 304 g/mol. The number of rotatable bonds is 2. The number of pyridine rings is 1. The van der Waals surface area contributed by atoms with Gasteiger partial charge in [0.1, 0.15) is 4.90 Å². The minimum Gasteiger partial charge on any atom is -0.263 e. The number of alkyl halides is 1. The molecule has 1 aromatic rings. The summed E-state index contributed by atoms with van der Waals surface area (Å²) in [6.45, 7) is 3.24. The summed E-state index contributed by atoms with van der Waals surface area (Å²) < 4.78 is 26.1. The van der Waals surface area contributed by atoms with Gasteiger partial charge in [-0.05, 0) is 24.5 Å². The molecule has 0 bridgehead atoms. The highest BCUT2D eigenvalue weighted by atomic mass is 79.9. The summed E-state index contributed by atoms with van der Waals surface area (Å²) >= 11 is 3.54. The highest BCUT2D eigenvalue weighted by Gasteiger charge is 2.32. The molecule has 1 aliphatic heterocycles. The number of nitrogens with zero attached hydrogens (tertiary/aromatic N) is 2. The second-order valence-electron chi connectivity index (χ2n) is 4.33. The van der Waals surface area contributed by atoms with E-state index in [-0.39, 0.29) is 9.72 Å². The zero-order valence-corrected chi connectivity index (χ0v) is 12.0. The van der Waals surface area contributed by atoms with Crippen LogP contribution in [-0.2, 0) is 10.0 Å². The van der Waals surface area contributed by atoms with Crippen molar-refractivity contribution in [2.45, 2.75) is 23.1 Å². The molecule has 1 fully saturated rings. The highest BCUT2D eigenvalue weighted by molar-refractivity contribution is 9.09. The molecule has 0 saturated carbocycles. The van der Waals surface area contributed by atoms with Crippen LogP contribution in [0.4, 0.5) is 0 Å². The molecular formula is C11H15BrN2O2S. The van der Waals surface area contributed by atoms with Gasteiger partial charge in [0, 0.05) is 30.3 Å². The third-order valence-corrected chi connectivity index (χ3v) is 6.14. The molecule has 0 aliphatic carbocycles. The largest absolute Gasteiger partial charge is 0.263 e. The quantitative estimate of drug-likeness (QED) is 0.782. The first-order valence-corrected chi connectivity index (χ1v) is 7.91. The minimum atomic E-state index is -3.38. The van der Waals surface area contributed by atoms with E-state index in [0.29, 0.717) is 19.0 Å². The van der Waals surface area contributed by atoms with Crippen LogP contribution in [0.1, 0.15) is 13.3 Å². The lowest BCUT2D eigenvalue weighted by molar-refractivity contribution is 0.300. The van der Waals surface area contributed by atoms with Crippen molar-refractivity contribution in [1.82, 2.24) is 9.29 Å². The molecule has 0 spiro atoms. The molecule has 0 N–H and O–H groups in total. The lowest BCUT2D eigenvalue weighted by Crippen LogP contribution is -2.43. The maximum Gasteiger partial charge on any atom is 0.244 e. The van der Waals surface area contributed by atoms with Crippen LogP contribution in [0, 0.1) is 5.92 Å². The number of piperidine rings is 1. The van der Waals surface area contributed by atoms with Gasteiger partial charge in [0.05, 0.1) is 0 Å². The minimum absolute atomic E-state index is 0.225. The monoisotopic (exact) mass is 318 g/mol. The fourth-order valence-corrected chi connectivity index (χ4v) is 4.11. The van der Waals surface area contributed by atoms with E-state index in [1.165, 1.54) is 10.5 Å². The second-order valence-corrected chi connectivity index (χ2v) is 7.45. The first kappa shape index (κ1) is 13.0. The Bertz CT molecular complexity index is 478. The molecule has 2 heterocycles. The fourth-order valence-electron chi connectivity index (χ4n) is 1.86. The standard InChI is InChI=1S/C11H15BrN2O2S/c1-9-4-6-14(8-11(9)12)17(15,16)10-3-2-5-13-7-10/h2-3,5,7,9,11H,4,6,8H2,1H3. The van der Waals surface area contributed by atoms with Crippen LogP contribution >= 0.6 is 15.9 Å². The van der Waals surface area contributed by atoms with Gasteiger partial charge in [-0.25, -0.2) is 8.42 Å². The molecule has 0 amide bonds. The normalized spacial score (nSPS) is 26.9. The first-order chi connectivity index (χ1) is 8.01. The van der Waals surface area contributed by atoms with Gasteiger partial charge >= 0.3 is 0 Å². The summed E-state index contributed by atoms with van der Waals surface area (Å²) in [6.07, 6.45) is 3.86. The number of sulfonamides is 1. The van der Waals surface area contributed by atoms with E-state index < -0.39 is 10.0 Å². The Kier molecular flexibility index (Phi) is 3.85. The Morgan fingerprint density at radius 2 is 2.29 bits per heavy atom. The van der Waals surface area contributed by atoms with Crippen molar-refractivity contribution in [2.24, 2.45) is 5.92 Å². The highest BCUT2D eigenvalue weighted by Crippen LogP contribution is 2.27. The first-order valence-electron chi connectivity index (χ1n) is 5.56. The van der Waals surface area contributed by atoms with Crippen LogP contribution in [0.3, 0.4) is 0 Å².